The molecule has 1 atom stereocenters. The van der Waals surface area contributed by atoms with Gasteiger partial charge in [0.1, 0.15) is 0 Å². The van der Waals surface area contributed by atoms with Crippen LogP contribution >= 0.6 is 11.8 Å². The van der Waals surface area contributed by atoms with Gasteiger partial charge in [0.05, 0.1) is 12.7 Å². The zero-order valence-electron chi connectivity index (χ0n) is 8.71. The highest BCUT2D eigenvalue weighted by atomic mass is 32.2. The van der Waals surface area contributed by atoms with Gasteiger partial charge in [0, 0.05) is 16.6 Å². The van der Waals surface area contributed by atoms with Gasteiger partial charge in [0.15, 0.2) is 5.82 Å². The Hall–Kier alpha value is -1.49. The molecule has 3 rings (SSSR count). The topological polar surface area (TPSA) is 56.7 Å². The number of nitrogens with two attached hydrogens (primary N) is 1. The maximum atomic E-state index is 5.55. The quantitative estimate of drug-likeness (QED) is 0.857. The average molecular weight is 232 g/mol. The molecule has 1 aliphatic heterocycles. The summed E-state index contributed by atoms with van der Waals surface area (Å²) in [5.74, 6) is 2.11. The number of nitrogens with zero attached hydrogens (tertiary/aromatic N) is 3. The van der Waals surface area contributed by atoms with Crippen LogP contribution in [0.25, 0.3) is 0 Å². The second-order valence-corrected chi connectivity index (χ2v) is 4.97. The summed E-state index contributed by atoms with van der Waals surface area (Å²) in [6.45, 7) is 0.855. The van der Waals surface area contributed by atoms with Crippen molar-refractivity contribution in [2.45, 2.75) is 17.4 Å². The largest absolute Gasteiger partial charge is 0.381 e. The van der Waals surface area contributed by atoms with Crippen LogP contribution in [0.3, 0.4) is 0 Å². The van der Waals surface area contributed by atoms with Gasteiger partial charge in [0.2, 0.25) is 0 Å². The molecule has 2 N–H and O–H groups in total. The van der Waals surface area contributed by atoms with Crippen molar-refractivity contribution in [1.29, 1.82) is 0 Å². The number of aromatic nitrogens is 3. The summed E-state index contributed by atoms with van der Waals surface area (Å²) < 4.78 is 1.82. The minimum Gasteiger partial charge on any atom is -0.381 e. The van der Waals surface area contributed by atoms with Crippen LogP contribution in [0.1, 0.15) is 11.5 Å². The van der Waals surface area contributed by atoms with Crippen molar-refractivity contribution in [2.24, 2.45) is 0 Å². The molecule has 0 radical (unpaired) electrons. The summed E-state index contributed by atoms with van der Waals surface area (Å²) in [6.07, 6.45) is 1.78. The van der Waals surface area contributed by atoms with Gasteiger partial charge in [-0.15, -0.1) is 16.9 Å². The van der Waals surface area contributed by atoms with E-state index in [9.17, 15) is 0 Å². The summed E-state index contributed by atoms with van der Waals surface area (Å²) in [5, 5.41) is 7.78. The molecule has 0 amide bonds. The van der Waals surface area contributed by atoms with Crippen LogP contribution in [0.4, 0.5) is 5.82 Å². The Bertz CT molecular complexity index is 508. The van der Waals surface area contributed by atoms with Crippen molar-refractivity contribution in [3.8, 4) is 0 Å². The fourth-order valence-electron chi connectivity index (χ4n) is 2.01. The standard InChI is InChI=1S/C11H12N4S/c12-11-6-15(14-13-11)5-8-7-16-10-4-2-1-3-9(8)10/h1-4,6,8H,5,7,12H2. The maximum Gasteiger partial charge on any atom is 0.165 e. The summed E-state index contributed by atoms with van der Waals surface area (Å²) in [4.78, 5) is 1.39. The molecule has 0 saturated heterocycles. The molecule has 0 spiro atoms. The first kappa shape index (κ1) is 9.72. The van der Waals surface area contributed by atoms with Crippen molar-refractivity contribution in [3.05, 3.63) is 36.0 Å². The lowest BCUT2D eigenvalue weighted by Crippen LogP contribution is -2.09. The molecule has 0 aliphatic carbocycles. The minimum absolute atomic E-state index is 0.485. The Labute approximate surface area is 97.8 Å². The third kappa shape index (κ3) is 1.67. The molecule has 16 heavy (non-hydrogen) atoms. The Kier molecular flexibility index (Phi) is 2.32. The number of thioether (sulfide) groups is 1. The van der Waals surface area contributed by atoms with Crippen LogP contribution in [-0.2, 0) is 6.54 Å². The van der Waals surface area contributed by atoms with E-state index in [1.165, 1.54) is 10.5 Å². The van der Waals surface area contributed by atoms with E-state index < -0.39 is 0 Å². The van der Waals surface area contributed by atoms with Crippen molar-refractivity contribution in [3.63, 3.8) is 0 Å². The zero-order valence-corrected chi connectivity index (χ0v) is 9.52. The van der Waals surface area contributed by atoms with E-state index in [0.717, 1.165) is 12.3 Å². The van der Waals surface area contributed by atoms with Crippen molar-refractivity contribution in [2.75, 3.05) is 11.5 Å². The van der Waals surface area contributed by atoms with E-state index >= 15 is 0 Å². The summed E-state index contributed by atoms with van der Waals surface area (Å²) in [5.41, 5.74) is 6.97. The Morgan fingerprint density at radius 3 is 3.12 bits per heavy atom. The molecular formula is C11H12N4S. The number of anilines is 1. The molecule has 0 saturated carbocycles. The SMILES string of the molecule is Nc1cn(CC2CSc3ccccc32)nn1. The molecule has 2 heterocycles. The average Bonchev–Trinajstić information content (AvgIpc) is 2.87. The van der Waals surface area contributed by atoms with Gasteiger partial charge in [-0.3, -0.25) is 0 Å². The molecule has 1 aromatic carbocycles. The Morgan fingerprint density at radius 2 is 2.31 bits per heavy atom. The van der Waals surface area contributed by atoms with Crippen LogP contribution in [-0.4, -0.2) is 20.7 Å². The van der Waals surface area contributed by atoms with E-state index in [4.69, 9.17) is 5.73 Å². The highest BCUT2D eigenvalue weighted by molar-refractivity contribution is 7.99. The Morgan fingerprint density at radius 1 is 1.44 bits per heavy atom. The van der Waals surface area contributed by atoms with E-state index in [0.29, 0.717) is 11.7 Å². The second-order valence-electron chi connectivity index (χ2n) is 3.91. The molecular weight excluding hydrogens is 220 g/mol. The van der Waals surface area contributed by atoms with Crippen LogP contribution < -0.4 is 5.73 Å². The van der Waals surface area contributed by atoms with Gasteiger partial charge >= 0.3 is 0 Å². The molecule has 1 aliphatic rings. The Balaban J connectivity index is 1.83. The van der Waals surface area contributed by atoms with Crippen LogP contribution in [0.5, 0.6) is 0 Å². The van der Waals surface area contributed by atoms with E-state index in [1.807, 2.05) is 16.4 Å². The highest BCUT2D eigenvalue weighted by Crippen LogP contribution is 2.39. The first-order chi connectivity index (χ1) is 7.83. The molecule has 1 unspecified atom stereocenters. The molecule has 5 heteroatoms. The molecule has 0 bridgehead atoms. The van der Waals surface area contributed by atoms with Gasteiger partial charge < -0.3 is 5.73 Å². The first-order valence-electron chi connectivity index (χ1n) is 5.20. The highest BCUT2D eigenvalue weighted by Gasteiger charge is 2.23. The maximum absolute atomic E-state index is 5.55. The number of benzene rings is 1. The molecule has 82 valence electrons. The molecule has 1 aromatic heterocycles. The minimum atomic E-state index is 0.485. The zero-order chi connectivity index (χ0) is 11.0. The van der Waals surface area contributed by atoms with Crippen molar-refractivity contribution in [1.82, 2.24) is 15.0 Å². The fourth-order valence-corrected chi connectivity index (χ4v) is 3.25. The van der Waals surface area contributed by atoms with Crippen LogP contribution in [0.2, 0.25) is 0 Å². The smallest absolute Gasteiger partial charge is 0.165 e. The number of fused-ring (bicyclic) bond motifs is 1. The van der Waals surface area contributed by atoms with E-state index in [-0.39, 0.29) is 0 Å². The lowest BCUT2D eigenvalue weighted by atomic mass is 10.0. The van der Waals surface area contributed by atoms with E-state index in [2.05, 4.69) is 34.6 Å². The van der Waals surface area contributed by atoms with Crippen molar-refractivity contribution < 1.29 is 0 Å². The second kappa shape index (κ2) is 3.83. The third-order valence-corrected chi connectivity index (χ3v) is 4.01. The predicted octanol–water partition coefficient (Wildman–Crippen LogP) is 1.75. The lowest BCUT2D eigenvalue weighted by Gasteiger charge is -2.09. The van der Waals surface area contributed by atoms with Gasteiger partial charge in [-0.25, -0.2) is 4.68 Å². The predicted molar refractivity (Wildman–Crippen MR) is 64.3 cm³/mol. The number of hydrogen-bond acceptors (Lipinski definition) is 4. The van der Waals surface area contributed by atoms with Gasteiger partial charge in [-0.1, -0.05) is 23.4 Å². The van der Waals surface area contributed by atoms with Crippen LogP contribution in [0.15, 0.2) is 35.4 Å². The van der Waals surface area contributed by atoms with Gasteiger partial charge in [-0.2, -0.15) is 0 Å². The fraction of sp³-hybridized carbons (Fsp3) is 0.273. The summed E-state index contributed by atoms with van der Waals surface area (Å²) in [7, 11) is 0. The third-order valence-electron chi connectivity index (χ3n) is 2.76. The monoisotopic (exact) mass is 232 g/mol. The number of nitrogen functional groups attached to an aromatic ring is 1. The normalized spacial score (nSPS) is 18.6. The van der Waals surface area contributed by atoms with Gasteiger partial charge in [0.25, 0.3) is 0 Å². The summed E-state index contributed by atoms with van der Waals surface area (Å²) in [6, 6.07) is 8.55. The van der Waals surface area contributed by atoms with Crippen molar-refractivity contribution >= 4 is 17.6 Å². The van der Waals surface area contributed by atoms with E-state index in [1.54, 1.807) is 6.20 Å². The lowest BCUT2D eigenvalue weighted by molar-refractivity contribution is 0.532. The molecule has 0 fully saturated rings. The molecule has 2 aromatic rings. The summed E-state index contributed by atoms with van der Waals surface area (Å²) >= 11 is 1.91. The molecule has 4 nitrogen and oxygen atoms in total. The van der Waals surface area contributed by atoms with Gasteiger partial charge in [-0.05, 0) is 11.6 Å². The first-order valence-corrected chi connectivity index (χ1v) is 6.19. The number of hydrogen-bond donors (Lipinski definition) is 1. The van der Waals surface area contributed by atoms with Crippen LogP contribution in [0, 0.1) is 0 Å². The number of rotatable bonds is 2.